The van der Waals surface area contributed by atoms with Crippen LogP contribution in [0.5, 0.6) is 0 Å². The molecule has 0 saturated carbocycles. The van der Waals surface area contributed by atoms with Crippen molar-refractivity contribution in [2.24, 2.45) is 5.73 Å². The highest BCUT2D eigenvalue weighted by Gasteiger charge is 2.22. The molecule has 0 bridgehead atoms. The molecule has 1 aliphatic rings. The minimum absolute atomic E-state index is 0.754. The van der Waals surface area contributed by atoms with Crippen molar-refractivity contribution in [3.63, 3.8) is 0 Å². The normalized spacial score (nSPS) is 22.9. The summed E-state index contributed by atoms with van der Waals surface area (Å²) in [6, 6.07) is 0.754. The van der Waals surface area contributed by atoms with E-state index in [1.54, 1.807) is 0 Å². The number of nitrogens with zero attached hydrogens (tertiary/aromatic N) is 2. The standard InChI is InChI=1S/C13H29N3/c1-3-9-15(4-2)12-13-7-5-6-10-16(13)11-8-14/h13H,3-12,14H2,1-2H3. The molecular formula is C13H29N3. The van der Waals surface area contributed by atoms with Crippen LogP contribution in [0.3, 0.4) is 0 Å². The summed E-state index contributed by atoms with van der Waals surface area (Å²) in [6.07, 6.45) is 5.38. The summed E-state index contributed by atoms with van der Waals surface area (Å²) < 4.78 is 0. The maximum Gasteiger partial charge on any atom is 0.0223 e. The fourth-order valence-electron chi connectivity index (χ4n) is 2.72. The van der Waals surface area contributed by atoms with E-state index >= 15 is 0 Å². The number of rotatable bonds is 7. The lowest BCUT2D eigenvalue weighted by Crippen LogP contribution is -2.48. The van der Waals surface area contributed by atoms with Crippen LogP contribution in [0, 0.1) is 0 Å². The quantitative estimate of drug-likeness (QED) is 0.716. The predicted molar refractivity (Wildman–Crippen MR) is 70.7 cm³/mol. The van der Waals surface area contributed by atoms with Gasteiger partial charge in [-0.25, -0.2) is 0 Å². The SMILES string of the molecule is CCCN(CC)CC1CCCCN1CCN. The maximum atomic E-state index is 5.69. The number of hydrogen-bond donors (Lipinski definition) is 1. The van der Waals surface area contributed by atoms with Crippen molar-refractivity contribution in [1.29, 1.82) is 0 Å². The first-order chi connectivity index (χ1) is 7.81. The van der Waals surface area contributed by atoms with E-state index in [9.17, 15) is 0 Å². The highest BCUT2D eigenvalue weighted by Crippen LogP contribution is 2.17. The van der Waals surface area contributed by atoms with Crippen LogP contribution in [0.25, 0.3) is 0 Å². The average Bonchev–Trinajstić information content (AvgIpc) is 2.31. The van der Waals surface area contributed by atoms with Gasteiger partial charge in [-0.3, -0.25) is 4.90 Å². The summed E-state index contributed by atoms with van der Waals surface area (Å²) in [4.78, 5) is 5.18. The van der Waals surface area contributed by atoms with Gasteiger partial charge in [-0.05, 0) is 38.9 Å². The Balaban J connectivity index is 2.40. The lowest BCUT2D eigenvalue weighted by atomic mass is 10.0. The van der Waals surface area contributed by atoms with Crippen LogP contribution in [-0.4, -0.2) is 55.1 Å². The van der Waals surface area contributed by atoms with E-state index in [2.05, 4.69) is 23.6 Å². The van der Waals surface area contributed by atoms with Gasteiger partial charge in [0.15, 0.2) is 0 Å². The van der Waals surface area contributed by atoms with Crippen LogP contribution in [0.1, 0.15) is 39.5 Å². The van der Waals surface area contributed by atoms with Crippen molar-refractivity contribution in [3.8, 4) is 0 Å². The Morgan fingerprint density at radius 1 is 1.31 bits per heavy atom. The molecule has 0 radical (unpaired) electrons. The number of likely N-dealkylation sites (N-methyl/N-ethyl adjacent to an activating group) is 1. The molecule has 3 nitrogen and oxygen atoms in total. The first-order valence-electron chi connectivity index (χ1n) is 6.98. The fraction of sp³-hybridized carbons (Fsp3) is 1.00. The zero-order valence-electron chi connectivity index (χ0n) is 11.1. The summed E-state index contributed by atoms with van der Waals surface area (Å²) in [6.45, 7) is 11.3. The third-order valence-corrected chi connectivity index (χ3v) is 3.62. The van der Waals surface area contributed by atoms with Crippen LogP contribution in [0.2, 0.25) is 0 Å². The molecule has 96 valence electrons. The van der Waals surface area contributed by atoms with Crippen molar-refractivity contribution in [1.82, 2.24) is 9.80 Å². The zero-order chi connectivity index (χ0) is 11.8. The Hall–Kier alpha value is -0.120. The van der Waals surface area contributed by atoms with Gasteiger partial charge in [-0.15, -0.1) is 0 Å². The number of likely N-dealkylation sites (tertiary alicyclic amines) is 1. The molecule has 1 rings (SSSR count). The molecule has 16 heavy (non-hydrogen) atoms. The Morgan fingerprint density at radius 3 is 2.75 bits per heavy atom. The van der Waals surface area contributed by atoms with E-state index in [0.717, 1.165) is 19.1 Å². The molecule has 1 fully saturated rings. The second-order valence-electron chi connectivity index (χ2n) is 4.87. The van der Waals surface area contributed by atoms with E-state index in [0.29, 0.717) is 0 Å². The molecule has 0 spiro atoms. The molecule has 0 aromatic carbocycles. The van der Waals surface area contributed by atoms with E-state index in [-0.39, 0.29) is 0 Å². The smallest absolute Gasteiger partial charge is 0.0223 e. The number of piperidine rings is 1. The molecular weight excluding hydrogens is 198 g/mol. The first kappa shape index (κ1) is 13.9. The van der Waals surface area contributed by atoms with Gasteiger partial charge in [0.1, 0.15) is 0 Å². The first-order valence-corrected chi connectivity index (χ1v) is 6.98. The van der Waals surface area contributed by atoms with Gasteiger partial charge in [-0.2, -0.15) is 0 Å². The highest BCUT2D eigenvalue weighted by molar-refractivity contribution is 4.79. The van der Waals surface area contributed by atoms with Crippen molar-refractivity contribution in [2.45, 2.75) is 45.6 Å². The zero-order valence-corrected chi connectivity index (χ0v) is 11.1. The molecule has 0 amide bonds. The molecule has 0 aliphatic carbocycles. The Kier molecular flexibility index (Phi) is 7.01. The number of hydrogen-bond acceptors (Lipinski definition) is 3. The van der Waals surface area contributed by atoms with Gasteiger partial charge in [0.05, 0.1) is 0 Å². The van der Waals surface area contributed by atoms with Crippen LogP contribution in [0.15, 0.2) is 0 Å². The van der Waals surface area contributed by atoms with Crippen LogP contribution in [0.4, 0.5) is 0 Å². The molecule has 1 heterocycles. The molecule has 0 aromatic heterocycles. The average molecular weight is 227 g/mol. The second kappa shape index (κ2) is 8.04. The van der Waals surface area contributed by atoms with E-state index < -0.39 is 0 Å². The lowest BCUT2D eigenvalue weighted by Gasteiger charge is -2.38. The van der Waals surface area contributed by atoms with E-state index in [1.807, 2.05) is 0 Å². The summed E-state index contributed by atoms with van der Waals surface area (Å²) in [5.41, 5.74) is 5.69. The van der Waals surface area contributed by atoms with Crippen molar-refractivity contribution >= 4 is 0 Å². The molecule has 1 aliphatic heterocycles. The van der Waals surface area contributed by atoms with Gasteiger partial charge < -0.3 is 10.6 Å². The van der Waals surface area contributed by atoms with Crippen molar-refractivity contribution in [2.75, 3.05) is 39.3 Å². The number of nitrogens with two attached hydrogens (primary N) is 1. The van der Waals surface area contributed by atoms with Gasteiger partial charge in [0.25, 0.3) is 0 Å². The van der Waals surface area contributed by atoms with Crippen LogP contribution >= 0.6 is 0 Å². The third kappa shape index (κ3) is 4.40. The van der Waals surface area contributed by atoms with Crippen LogP contribution in [-0.2, 0) is 0 Å². The summed E-state index contributed by atoms with van der Waals surface area (Å²) >= 11 is 0. The monoisotopic (exact) mass is 227 g/mol. The second-order valence-corrected chi connectivity index (χ2v) is 4.87. The van der Waals surface area contributed by atoms with Crippen molar-refractivity contribution < 1.29 is 0 Å². The molecule has 1 saturated heterocycles. The fourth-order valence-corrected chi connectivity index (χ4v) is 2.72. The van der Waals surface area contributed by atoms with E-state index in [4.69, 9.17) is 5.73 Å². The summed E-state index contributed by atoms with van der Waals surface area (Å²) in [5, 5.41) is 0. The summed E-state index contributed by atoms with van der Waals surface area (Å²) in [5.74, 6) is 0. The Bertz CT molecular complexity index is 171. The largest absolute Gasteiger partial charge is 0.329 e. The Morgan fingerprint density at radius 2 is 2.12 bits per heavy atom. The minimum Gasteiger partial charge on any atom is -0.329 e. The summed E-state index contributed by atoms with van der Waals surface area (Å²) in [7, 11) is 0. The van der Waals surface area contributed by atoms with Gasteiger partial charge >= 0.3 is 0 Å². The highest BCUT2D eigenvalue weighted by atomic mass is 15.2. The molecule has 2 N–H and O–H groups in total. The molecule has 3 heteroatoms. The van der Waals surface area contributed by atoms with Gasteiger partial charge in [0.2, 0.25) is 0 Å². The Labute approximate surface area is 101 Å². The maximum absolute atomic E-state index is 5.69. The topological polar surface area (TPSA) is 32.5 Å². The lowest BCUT2D eigenvalue weighted by molar-refractivity contribution is 0.109. The third-order valence-electron chi connectivity index (χ3n) is 3.62. The van der Waals surface area contributed by atoms with Crippen molar-refractivity contribution in [3.05, 3.63) is 0 Å². The molecule has 1 atom stereocenters. The molecule has 0 aromatic rings. The predicted octanol–water partition coefficient (Wildman–Crippen LogP) is 1.53. The molecule has 1 unspecified atom stereocenters. The van der Waals surface area contributed by atoms with Crippen LogP contribution < -0.4 is 5.73 Å². The van der Waals surface area contributed by atoms with E-state index in [1.165, 1.54) is 51.9 Å². The van der Waals surface area contributed by atoms with Gasteiger partial charge in [0, 0.05) is 25.7 Å². The van der Waals surface area contributed by atoms with Gasteiger partial charge in [-0.1, -0.05) is 20.3 Å². The minimum atomic E-state index is 0.754.